The maximum absolute atomic E-state index is 14.3. The van der Waals surface area contributed by atoms with Gasteiger partial charge in [-0.2, -0.15) is 0 Å². The van der Waals surface area contributed by atoms with E-state index in [-0.39, 0.29) is 49.5 Å². The minimum absolute atomic E-state index is 0.0706. The van der Waals surface area contributed by atoms with E-state index in [1.165, 1.54) is 17.2 Å². The number of ether oxygens (including phenoxy) is 2. The van der Waals surface area contributed by atoms with E-state index in [1.54, 1.807) is 17.0 Å². The molecule has 0 unspecified atom stereocenters. The number of likely N-dealkylation sites (tertiary alicyclic amines) is 1. The Morgan fingerprint density at radius 1 is 1.02 bits per heavy atom. The molecule has 2 aliphatic rings. The van der Waals surface area contributed by atoms with Crippen LogP contribution >= 0.6 is 0 Å². The second kappa shape index (κ2) is 12.6. The number of nitrogens with one attached hydrogen (secondary N) is 1. The first-order chi connectivity index (χ1) is 19.5. The van der Waals surface area contributed by atoms with Gasteiger partial charge in [0, 0.05) is 44.8 Å². The molecule has 208 valence electrons. The monoisotopic (exact) mass is 546 g/mol. The van der Waals surface area contributed by atoms with Gasteiger partial charge in [-0.25, -0.2) is 4.39 Å². The lowest BCUT2D eigenvalue weighted by Crippen LogP contribution is -2.42. The SMILES string of the molecule is O=C1NCCN(C(=O)c2ccncc2F)CCCOc2cccc(c2)[C@H]2CN(C(=O)COc3ccccc3)C[C@H]12. The van der Waals surface area contributed by atoms with Crippen LogP contribution in [0.25, 0.3) is 0 Å². The first kappa shape index (κ1) is 27.1. The third-order valence-corrected chi connectivity index (χ3v) is 7.21. The van der Waals surface area contributed by atoms with Gasteiger partial charge in [0.05, 0.1) is 24.3 Å². The number of para-hydroxylation sites is 1. The lowest BCUT2D eigenvalue weighted by atomic mass is 9.88. The fourth-order valence-corrected chi connectivity index (χ4v) is 5.12. The molecule has 2 aromatic carbocycles. The first-order valence-electron chi connectivity index (χ1n) is 13.3. The summed E-state index contributed by atoms with van der Waals surface area (Å²) in [5.41, 5.74) is 0.845. The maximum Gasteiger partial charge on any atom is 0.260 e. The minimum atomic E-state index is -0.696. The third-order valence-electron chi connectivity index (χ3n) is 7.21. The Balaban J connectivity index is 1.32. The van der Waals surface area contributed by atoms with Crippen LogP contribution in [0.2, 0.25) is 0 Å². The number of halogens is 1. The van der Waals surface area contributed by atoms with Gasteiger partial charge in [-0.05, 0) is 42.3 Å². The van der Waals surface area contributed by atoms with Crippen molar-refractivity contribution in [2.45, 2.75) is 12.3 Å². The van der Waals surface area contributed by atoms with Gasteiger partial charge in [-0.3, -0.25) is 19.4 Å². The number of nitrogens with zero attached hydrogens (tertiary/aromatic N) is 3. The molecular formula is C30H31FN4O5. The lowest BCUT2D eigenvalue weighted by Gasteiger charge is -2.25. The van der Waals surface area contributed by atoms with Gasteiger partial charge in [-0.15, -0.1) is 0 Å². The summed E-state index contributed by atoms with van der Waals surface area (Å²) in [6.45, 7) is 1.54. The Morgan fingerprint density at radius 2 is 1.85 bits per heavy atom. The standard InChI is InChI=1S/C30H31FN4O5/c31-27-17-32-11-10-24(27)30(38)34-13-5-15-39-23-9-4-6-21(16-23)25-18-35(19-26(25)29(37)33-12-14-34)28(36)20-40-22-7-2-1-3-8-22/h1-4,6-11,16-17,25-26H,5,12-15,18-20H2,(H,33,37)/t25-,26+/m1/s1. The summed E-state index contributed by atoms with van der Waals surface area (Å²) >= 11 is 0. The third kappa shape index (κ3) is 6.39. The van der Waals surface area contributed by atoms with Crippen LogP contribution in [-0.2, 0) is 9.59 Å². The normalized spacial score (nSPS) is 19.6. The molecule has 5 rings (SSSR count). The van der Waals surface area contributed by atoms with Gasteiger partial charge >= 0.3 is 0 Å². The highest BCUT2D eigenvalue weighted by molar-refractivity contribution is 5.94. The van der Waals surface area contributed by atoms with Gasteiger partial charge in [0.25, 0.3) is 11.8 Å². The zero-order valence-corrected chi connectivity index (χ0v) is 22.0. The van der Waals surface area contributed by atoms with E-state index >= 15 is 0 Å². The molecule has 2 bridgehead atoms. The van der Waals surface area contributed by atoms with E-state index in [0.29, 0.717) is 37.6 Å². The number of benzene rings is 2. The zero-order chi connectivity index (χ0) is 27.9. The number of amides is 3. The quantitative estimate of drug-likeness (QED) is 0.540. The maximum atomic E-state index is 14.3. The second-order valence-corrected chi connectivity index (χ2v) is 9.83. The molecule has 2 aliphatic heterocycles. The highest BCUT2D eigenvalue weighted by Crippen LogP contribution is 2.34. The van der Waals surface area contributed by atoms with Crippen molar-refractivity contribution in [1.82, 2.24) is 20.1 Å². The molecule has 10 heteroatoms. The summed E-state index contributed by atoms with van der Waals surface area (Å²) in [5, 5.41) is 2.94. The number of pyridine rings is 1. The van der Waals surface area contributed by atoms with Crippen molar-refractivity contribution < 1.29 is 28.2 Å². The number of rotatable bonds is 4. The number of hydrogen-bond acceptors (Lipinski definition) is 6. The predicted molar refractivity (Wildman–Crippen MR) is 144 cm³/mol. The molecule has 9 nitrogen and oxygen atoms in total. The van der Waals surface area contributed by atoms with Gasteiger partial charge in [0.1, 0.15) is 11.5 Å². The van der Waals surface area contributed by atoms with Crippen LogP contribution in [0.3, 0.4) is 0 Å². The highest BCUT2D eigenvalue weighted by Gasteiger charge is 2.40. The van der Waals surface area contributed by atoms with Crippen molar-refractivity contribution in [3.63, 3.8) is 0 Å². The Kier molecular flexibility index (Phi) is 8.53. The number of carbonyl (C=O) groups excluding carboxylic acids is 3. The molecule has 40 heavy (non-hydrogen) atoms. The van der Waals surface area contributed by atoms with Crippen molar-refractivity contribution in [3.8, 4) is 11.5 Å². The summed E-state index contributed by atoms with van der Waals surface area (Å²) in [6, 6.07) is 18.0. The van der Waals surface area contributed by atoms with E-state index in [9.17, 15) is 18.8 Å². The van der Waals surface area contributed by atoms with Crippen LogP contribution in [0, 0.1) is 11.7 Å². The van der Waals surface area contributed by atoms with Crippen molar-refractivity contribution in [1.29, 1.82) is 0 Å². The fraction of sp³-hybridized carbons (Fsp3) is 0.333. The highest BCUT2D eigenvalue weighted by atomic mass is 19.1. The molecule has 1 aromatic heterocycles. The molecule has 0 saturated carbocycles. The van der Waals surface area contributed by atoms with E-state index in [2.05, 4.69) is 10.3 Å². The topological polar surface area (TPSA) is 101 Å². The number of hydrogen-bond donors (Lipinski definition) is 1. The Morgan fingerprint density at radius 3 is 2.67 bits per heavy atom. The predicted octanol–water partition coefficient (Wildman–Crippen LogP) is 2.88. The molecule has 1 fully saturated rings. The molecule has 1 N–H and O–H groups in total. The summed E-state index contributed by atoms with van der Waals surface area (Å²) in [7, 11) is 0. The van der Waals surface area contributed by atoms with Gasteiger partial charge in [-0.1, -0.05) is 30.3 Å². The summed E-state index contributed by atoms with van der Waals surface area (Å²) in [4.78, 5) is 46.5. The molecule has 0 spiro atoms. The fourth-order valence-electron chi connectivity index (χ4n) is 5.12. The number of carbonyl (C=O) groups is 3. The molecule has 0 aliphatic carbocycles. The summed E-state index contributed by atoms with van der Waals surface area (Å²) in [5.74, 6) is -1.08. The number of fused-ring (bicyclic) bond motifs is 4. The minimum Gasteiger partial charge on any atom is -0.494 e. The van der Waals surface area contributed by atoms with E-state index in [1.807, 2.05) is 42.5 Å². The molecule has 3 heterocycles. The van der Waals surface area contributed by atoms with Gasteiger partial charge in [0.15, 0.2) is 12.4 Å². The van der Waals surface area contributed by atoms with Crippen LogP contribution in [0.15, 0.2) is 73.1 Å². The van der Waals surface area contributed by atoms with Crippen LogP contribution in [0.4, 0.5) is 4.39 Å². The summed E-state index contributed by atoms with van der Waals surface area (Å²) < 4.78 is 25.9. The van der Waals surface area contributed by atoms with Crippen LogP contribution in [0.1, 0.15) is 28.3 Å². The molecule has 1 saturated heterocycles. The Labute approximate surface area is 231 Å². The Hall–Kier alpha value is -4.47. The molecule has 3 aromatic rings. The van der Waals surface area contributed by atoms with E-state index in [4.69, 9.17) is 9.47 Å². The van der Waals surface area contributed by atoms with Crippen LogP contribution in [-0.4, -0.2) is 78.4 Å². The van der Waals surface area contributed by atoms with Crippen LogP contribution in [0.5, 0.6) is 11.5 Å². The zero-order valence-electron chi connectivity index (χ0n) is 22.0. The average molecular weight is 547 g/mol. The Bertz CT molecular complexity index is 1350. The lowest BCUT2D eigenvalue weighted by molar-refractivity contribution is -0.132. The van der Waals surface area contributed by atoms with E-state index in [0.717, 1.165) is 11.8 Å². The largest absolute Gasteiger partial charge is 0.494 e. The molecule has 2 atom stereocenters. The van der Waals surface area contributed by atoms with Gasteiger partial charge < -0.3 is 24.6 Å². The van der Waals surface area contributed by atoms with Gasteiger partial charge in [0.2, 0.25) is 5.91 Å². The van der Waals surface area contributed by atoms with Crippen molar-refractivity contribution in [2.75, 3.05) is 45.9 Å². The summed E-state index contributed by atoms with van der Waals surface area (Å²) in [6.07, 6.45) is 2.90. The first-order valence-corrected chi connectivity index (χ1v) is 13.3. The van der Waals surface area contributed by atoms with Crippen LogP contribution < -0.4 is 14.8 Å². The molecule has 0 radical (unpaired) electrons. The molecule has 3 amide bonds. The second-order valence-electron chi connectivity index (χ2n) is 9.83. The number of aromatic nitrogens is 1. The average Bonchev–Trinajstić information content (AvgIpc) is 3.43. The molecular weight excluding hydrogens is 515 g/mol. The van der Waals surface area contributed by atoms with Crippen molar-refractivity contribution in [3.05, 3.63) is 90.0 Å². The smallest absolute Gasteiger partial charge is 0.260 e. The van der Waals surface area contributed by atoms with Crippen molar-refractivity contribution >= 4 is 17.7 Å². The van der Waals surface area contributed by atoms with Crippen molar-refractivity contribution in [2.24, 2.45) is 5.92 Å². The van der Waals surface area contributed by atoms with E-state index < -0.39 is 17.6 Å².